The lowest BCUT2D eigenvalue weighted by atomic mass is 10.1. The lowest BCUT2D eigenvalue weighted by molar-refractivity contribution is 0.173. The maximum atomic E-state index is 9.73. The number of aliphatic hydroxyl groups excluding tert-OH is 2. The van der Waals surface area contributed by atoms with Crippen molar-refractivity contribution in [2.75, 3.05) is 18.1 Å². The second-order valence-corrected chi connectivity index (χ2v) is 4.69. The van der Waals surface area contributed by atoms with Crippen LogP contribution in [0.5, 0.6) is 0 Å². The molecule has 2 atom stereocenters. The van der Waals surface area contributed by atoms with Gasteiger partial charge in [-0.2, -0.15) is 0 Å². The van der Waals surface area contributed by atoms with Crippen LogP contribution < -0.4 is 4.90 Å². The standard InChI is InChI=1S/C14H21NO2/c1-2-14(17)11-5-7-12(8-6-11)15-9-3-4-13(15)10-16/h5-8,13-14,16-17H,2-4,9-10H2,1H3. The summed E-state index contributed by atoms with van der Waals surface area (Å²) in [5.74, 6) is 0. The molecule has 0 amide bonds. The first-order valence-corrected chi connectivity index (χ1v) is 6.41. The largest absolute Gasteiger partial charge is 0.394 e. The van der Waals surface area contributed by atoms with Crippen LogP contribution in [0.2, 0.25) is 0 Å². The Bertz CT molecular complexity index is 350. The highest BCUT2D eigenvalue weighted by molar-refractivity contribution is 5.49. The molecule has 0 bridgehead atoms. The van der Waals surface area contributed by atoms with Gasteiger partial charge in [-0.15, -0.1) is 0 Å². The summed E-state index contributed by atoms with van der Waals surface area (Å²) in [6, 6.07) is 8.31. The zero-order valence-electron chi connectivity index (χ0n) is 10.3. The molecule has 2 rings (SSSR count). The van der Waals surface area contributed by atoms with Gasteiger partial charge in [0.25, 0.3) is 0 Å². The third kappa shape index (κ3) is 2.61. The molecule has 1 fully saturated rings. The number of rotatable bonds is 4. The van der Waals surface area contributed by atoms with Crippen LogP contribution in [-0.2, 0) is 0 Å². The third-order valence-electron chi connectivity index (χ3n) is 3.58. The van der Waals surface area contributed by atoms with Crippen molar-refractivity contribution < 1.29 is 10.2 Å². The van der Waals surface area contributed by atoms with Gasteiger partial charge in [0, 0.05) is 12.2 Å². The number of benzene rings is 1. The van der Waals surface area contributed by atoms with E-state index in [1.807, 2.05) is 31.2 Å². The van der Waals surface area contributed by atoms with Gasteiger partial charge in [-0.25, -0.2) is 0 Å². The quantitative estimate of drug-likeness (QED) is 0.840. The second-order valence-electron chi connectivity index (χ2n) is 4.69. The number of aliphatic hydroxyl groups is 2. The van der Waals surface area contributed by atoms with Crippen LogP contribution in [0.15, 0.2) is 24.3 Å². The van der Waals surface area contributed by atoms with Crippen LogP contribution in [0.3, 0.4) is 0 Å². The first-order valence-electron chi connectivity index (χ1n) is 6.41. The molecule has 0 aliphatic carbocycles. The lowest BCUT2D eigenvalue weighted by Gasteiger charge is -2.25. The van der Waals surface area contributed by atoms with Crippen LogP contribution >= 0.6 is 0 Å². The topological polar surface area (TPSA) is 43.7 Å². The zero-order valence-corrected chi connectivity index (χ0v) is 10.3. The Morgan fingerprint density at radius 1 is 1.35 bits per heavy atom. The van der Waals surface area contributed by atoms with Crippen LogP contribution in [0.25, 0.3) is 0 Å². The van der Waals surface area contributed by atoms with Crippen LogP contribution in [0, 0.1) is 0 Å². The van der Waals surface area contributed by atoms with E-state index in [4.69, 9.17) is 0 Å². The molecule has 0 aromatic heterocycles. The average Bonchev–Trinajstić information content (AvgIpc) is 2.86. The minimum Gasteiger partial charge on any atom is -0.394 e. The predicted octanol–water partition coefficient (Wildman–Crippen LogP) is 2.09. The Morgan fingerprint density at radius 2 is 2.06 bits per heavy atom. The van der Waals surface area contributed by atoms with Crippen LogP contribution in [0.1, 0.15) is 37.9 Å². The molecule has 17 heavy (non-hydrogen) atoms. The van der Waals surface area contributed by atoms with Crippen LogP contribution in [-0.4, -0.2) is 29.4 Å². The van der Waals surface area contributed by atoms with E-state index in [9.17, 15) is 10.2 Å². The van der Waals surface area contributed by atoms with E-state index in [1.165, 1.54) is 0 Å². The van der Waals surface area contributed by atoms with E-state index in [0.717, 1.165) is 37.1 Å². The predicted molar refractivity (Wildman–Crippen MR) is 69.1 cm³/mol. The molecule has 1 aliphatic rings. The van der Waals surface area contributed by atoms with Gasteiger partial charge >= 0.3 is 0 Å². The average molecular weight is 235 g/mol. The van der Waals surface area contributed by atoms with Gasteiger partial charge < -0.3 is 15.1 Å². The molecule has 2 N–H and O–H groups in total. The first-order chi connectivity index (χ1) is 8.26. The molecule has 1 heterocycles. The highest BCUT2D eigenvalue weighted by atomic mass is 16.3. The van der Waals surface area contributed by atoms with E-state index in [1.54, 1.807) is 0 Å². The van der Waals surface area contributed by atoms with Gasteiger partial charge in [0.05, 0.1) is 18.8 Å². The monoisotopic (exact) mass is 235 g/mol. The maximum Gasteiger partial charge on any atom is 0.0787 e. The molecular formula is C14H21NO2. The molecule has 0 saturated carbocycles. The third-order valence-corrected chi connectivity index (χ3v) is 3.58. The van der Waals surface area contributed by atoms with Crippen molar-refractivity contribution in [3.63, 3.8) is 0 Å². The Balaban J connectivity index is 2.12. The van der Waals surface area contributed by atoms with E-state index >= 15 is 0 Å². The molecule has 0 radical (unpaired) electrons. The molecule has 1 aliphatic heterocycles. The van der Waals surface area contributed by atoms with Crippen LogP contribution in [0.4, 0.5) is 5.69 Å². The number of hydrogen-bond donors (Lipinski definition) is 2. The van der Waals surface area contributed by atoms with Crippen molar-refractivity contribution in [1.29, 1.82) is 0 Å². The number of anilines is 1. The van der Waals surface area contributed by atoms with E-state index in [0.29, 0.717) is 0 Å². The number of nitrogens with zero attached hydrogens (tertiary/aromatic N) is 1. The fourth-order valence-electron chi connectivity index (χ4n) is 2.49. The zero-order chi connectivity index (χ0) is 12.3. The van der Waals surface area contributed by atoms with Crippen molar-refractivity contribution in [1.82, 2.24) is 0 Å². The van der Waals surface area contributed by atoms with Crippen molar-refractivity contribution in [2.45, 2.75) is 38.3 Å². The molecule has 94 valence electrons. The van der Waals surface area contributed by atoms with E-state index in [2.05, 4.69) is 4.90 Å². The molecular weight excluding hydrogens is 214 g/mol. The van der Waals surface area contributed by atoms with Gasteiger partial charge in [0.2, 0.25) is 0 Å². The molecule has 3 nitrogen and oxygen atoms in total. The second kappa shape index (κ2) is 5.52. The lowest BCUT2D eigenvalue weighted by Crippen LogP contribution is -2.31. The molecule has 3 heteroatoms. The summed E-state index contributed by atoms with van der Waals surface area (Å²) < 4.78 is 0. The Kier molecular flexibility index (Phi) is 4.02. The SMILES string of the molecule is CCC(O)c1ccc(N2CCCC2CO)cc1. The van der Waals surface area contributed by atoms with Crippen molar-refractivity contribution in [2.24, 2.45) is 0 Å². The summed E-state index contributed by atoms with van der Waals surface area (Å²) in [7, 11) is 0. The summed E-state index contributed by atoms with van der Waals surface area (Å²) in [5.41, 5.74) is 2.12. The van der Waals surface area contributed by atoms with Gasteiger partial charge in [-0.1, -0.05) is 19.1 Å². The maximum absolute atomic E-state index is 9.73. The van der Waals surface area contributed by atoms with Gasteiger partial charge in [-0.3, -0.25) is 0 Å². The van der Waals surface area contributed by atoms with E-state index in [-0.39, 0.29) is 18.8 Å². The summed E-state index contributed by atoms with van der Waals surface area (Å²) in [5, 5.41) is 19.0. The minimum atomic E-state index is -0.365. The fourth-order valence-corrected chi connectivity index (χ4v) is 2.49. The fraction of sp³-hybridized carbons (Fsp3) is 0.571. The molecule has 1 aromatic carbocycles. The molecule has 1 aromatic rings. The Hall–Kier alpha value is -1.06. The molecule has 1 saturated heterocycles. The summed E-state index contributed by atoms with van der Waals surface area (Å²) in [6.45, 7) is 3.21. The summed E-state index contributed by atoms with van der Waals surface area (Å²) >= 11 is 0. The van der Waals surface area contributed by atoms with E-state index < -0.39 is 0 Å². The van der Waals surface area contributed by atoms with Crippen molar-refractivity contribution in [3.05, 3.63) is 29.8 Å². The Labute approximate surface area is 103 Å². The van der Waals surface area contributed by atoms with Crippen molar-refractivity contribution in [3.8, 4) is 0 Å². The summed E-state index contributed by atoms with van der Waals surface area (Å²) in [4.78, 5) is 2.25. The number of hydrogen-bond acceptors (Lipinski definition) is 3. The Morgan fingerprint density at radius 3 is 2.65 bits per heavy atom. The summed E-state index contributed by atoms with van der Waals surface area (Å²) in [6.07, 6.45) is 2.58. The van der Waals surface area contributed by atoms with Gasteiger partial charge in [-0.05, 0) is 37.0 Å². The smallest absolute Gasteiger partial charge is 0.0787 e. The molecule has 2 unspecified atom stereocenters. The molecule has 0 spiro atoms. The normalized spacial score (nSPS) is 21.8. The van der Waals surface area contributed by atoms with Gasteiger partial charge in [0.15, 0.2) is 0 Å². The highest BCUT2D eigenvalue weighted by Crippen LogP contribution is 2.27. The minimum absolute atomic E-state index is 0.222. The van der Waals surface area contributed by atoms with Crippen molar-refractivity contribution >= 4 is 5.69 Å². The van der Waals surface area contributed by atoms with Gasteiger partial charge in [0.1, 0.15) is 0 Å². The first kappa shape index (κ1) is 12.4. The highest BCUT2D eigenvalue weighted by Gasteiger charge is 2.23.